The van der Waals surface area contributed by atoms with E-state index in [1.807, 2.05) is 4.90 Å². The Balaban J connectivity index is 1.38. The third-order valence-corrected chi connectivity index (χ3v) is 5.68. The second-order valence-corrected chi connectivity index (χ2v) is 7.97. The van der Waals surface area contributed by atoms with Crippen LogP contribution in [-0.2, 0) is 17.5 Å². The van der Waals surface area contributed by atoms with Crippen molar-refractivity contribution < 1.29 is 27.5 Å². The molecule has 2 heterocycles. The molecule has 0 atom stereocenters. The Kier molecular flexibility index (Phi) is 6.42. The highest BCUT2D eigenvalue weighted by Crippen LogP contribution is 2.30. The lowest BCUT2D eigenvalue weighted by Crippen LogP contribution is -2.48. The zero-order chi connectivity index (χ0) is 23.6. The van der Waals surface area contributed by atoms with Crippen molar-refractivity contribution in [3.8, 4) is 0 Å². The number of nitrogens with one attached hydrogen (secondary N) is 1. The van der Waals surface area contributed by atoms with Crippen molar-refractivity contribution in [2.75, 3.05) is 32.8 Å². The van der Waals surface area contributed by atoms with E-state index in [9.17, 15) is 22.8 Å². The van der Waals surface area contributed by atoms with Crippen LogP contribution in [0.4, 0.5) is 13.2 Å². The molecule has 174 valence electrons. The predicted octanol–water partition coefficient (Wildman–Crippen LogP) is 4.32. The minimum Gasteiger partial charge on any atom is -0.461 e. The summed E-state index contributed by atoms with van der Waals surface area (Å²) in [4.78, 5) is 31.7. The molecule has 1 aliphatic rings. The molecule has 1 fully saturated rings. The monoisotopic (exact) mass is 459 g/mol. The third-order valence-electron chi connectivity index (χ3n) is 5.68. The number of aromatic nitrogens is 1. The maximum Gasteiger partial charge on any atom is 0.416 e. The Morgan fingerprint density at radius 2 is 1.79 bits per heavy atom. The number of fused-ring (bicyclic) bond motifs is 1. The second-order valence-electron chi connectivity index (χ2n) is 7.97. The number of ether oxygens (including phenoxy) is 1. The molecule has 0 saturated carbocycles. The van der Waals surface area contributed by atoms with Crippen LogP contribution in [0.25, 0.3) is 10.9 Å². The highest BCUT2D eigenvalue weighted by Gasteiger charge is 2.30. The van der Waals surface area contributed by atoms with Gasteiger partial charge in [-0.2, -0.15) is 13.2 Å². The summed E-state index contributed by atoms with van der Waals surface area (Å²) in [7, 11) is 0. The van der Waals surface area contributed by atoms with Gasteiger partial charge in [0.2, 0.25) is 0 Å². The number of H-pyrrole nitrogens is 1. The van der Waals surface area contributed by atoms with Crippen molar-refractivity contribution in [2.45, 2.75) is 19.6 Å². The number of esters is 1. The summed E-state index contributed by atoms with van der Waals surface area (Å²) in [6, 6.07) is 12.2. The van der Waals surface area contributed by atoms with Crippen LogP contribution in [0.3, 0.4) is 0 Å². The Hall–Kier alpha value is -3.33. The number of carbonyl (C=O) groups is 2. The molecule has 1 aliphatic heterocycles. The smallest absolute Gasteiger partial charge is 0.416 e. The van der Waals surface area contributed by atoms with Gasteiger partial charge in [0.15, 0.2) is 0 Å². The molecule has 0 unspecified atom stereocenters. The van der Waals surface area contributed by atoms with Gasteiger partial charge in [0, 0.05) is 49.2 Å². The average Bonchev–Trinajstić information content (AvgIpc) is 3.23. The number of piperazine rings is 1. The largest absolute Gasteiger partial charge is 0.461 e. The predicted molar refractivity (Wildman–Crippen MR) is 117 cm³/mol. The molecular weight excluding hydrogens is 435 g/mol. The molecule has 1 N–H and O–H groups in total. The highest BCUT2D eigenvalue weighted by atomic mass is 19.4. The number of aromatic amines is 1. The maximum atomic E-state index is 13.0. The van der Waals surface area contributed by atoms with E-state index < -0.39 is 17.7 Å². The number of nitrogens with zero attached hydrogens (tertiary/aromatic N) is 2. The first kappa shape index (κ1) is 22.8. The number of hydrogen-bond acceptors (Lipinski definition) is 4. The van der Waals surface area contributed by atoms with Crippen LogP contribution in [0.1, 0.15) is 38.9 Å². The summed E-state index contributed by atoms with van der Waals surface area (Å²) in [5.74, 6) is -0.562. The van der Waals surface area contributed by atoms with Gasteiger partial charge < -0.3 is 14.6 Å². The standard InChI is InChI=1S/C24H24F3N3O3/c1-2-33-23(32)21-14-18-13-17(6-7-20(18)28-21)22(31)30-10-8-29(9-11-30)15-16-4-3-5-19(12-16)24(25,26)27/h3-7,12-14,28H,2,8-11,15H2,1H3. The van der Waals surface area contributed by atoms with Gasteiger partial charge in [-0.3, -0.25) is 9.69 Å². The van der Waals surface area contributed by atoms with Crippen LogP contribution in [0.5, 0.6) is 0 Å². The summed E-state index contributed by atoms with van der Waals surface area (Å²) in [5, 5.41) is 0.743. The number of rotatable bonds is 5. The first-order chi connectivity index (χ1) is 15.7. The minimum atomic E-state index is -4.36. The third kappa shape index (κ3) is 5.19. The van der Waals surface area contributed by atoms with E-state index in [2.05, 4.69) is 4.98 Å². The van der Waals surface area contributed by atoms with Crippen LogP contribution in [0.15, 0.2) is 48.5 Å². The molecule has 6 nitrogen and oxygen atoms in total. The van der Waals surface area contributed by atoms with Gasteiger partial charge in [-0.05, 0) is 42.8 Å². The summed E-state index contributed by atoms with van der Waals surface area (Å²) in [5.41, 5.74) is 1.53. The van der Waals surface area contributed by atoms with Gasteiger partial charge in [-0.15, -0.1) is 0 Å². The van der Waals surface area contributed by atoms with Crippen molar-refractivity contribution >= 4 is 22.8 Å². The summed E-state index contributed by atoms with van der Waals surface area (Å²) >= 11 is 0. The van der Waals surface area contributed by atoms with Crippen molar-refractivity contribution in [2.24, 2.45) is 0 Å². The molecule has 4 rings (SSSR count). The zero-order valence-electron chi connectivity index (χ0n) is 18.1. The molecule has 3 aromatic rings. The summed E-state index contributed by atoms with van der Waals surface area (Å²) in [6.07, 6.45) is -4.36. The first-order valence-electron chi connectivity index (χ1n) is 10.7. The highest BCUT2D eigenvalue weighted by molar-refractivity contribution is 6.00. The number of benzene rings is 2. The Morgan fingerprint density at radius 3 is 2.48 bits per heavy atom. The lowest BCUT2D eigenvalue weighted by molar-refractivity contribution is -0.137. The molecule has 1 aromatic heterocycles. The molecule has 0 aliphatic carbocycles. The van der Waals surface area contributed by atoms with Gasteiger partial charge in [-0.25, -0.2) is 4.79 Å². The van der Waals surface area contributed by atoms with Gasteiger partial charge in [0.1, 0.15) is 5.69 Å². The molecule has 1 saturated heterocycles. The van der Waals surface area contributed by atoms with E-state index in [1.54, 1.807) is 42.2 Å². The fourth-order valence-electron chi connectivity index (χ4n) is 3.98. The first-order valence-corrected chi connectivity index (χ1v) is 10.7. The van der Waals surface area contributed by atoms with Crippen molar-refractivity contribution in [1.82, 2.24) is 14.8 Å². The Labute approximate surface area is 188 Å². The quantitative estimate of drug-likeness (QED) is 0.577. The van der Waals surface area contributed by atoms with E-state index in [1.165, 1.54) is 12.1 Å². The van der Waals surface area contributed by atoms with E-state index in [0.29, 0.717) is 49.5 Å². The summed E-state index contributed by atoms with van der Waals surface area (Å²) in [6.45, 7) is 4.52. The molecule has 9 heteroatoms. The zero-order valence-corrected chi connectivity index (χ0v) is 18.1. The Bertz CT molecular complexity index is 1160. The number of halogens is 3. The van der Waals surface area contributed by atoms with Gasteiger partial charge in [0.25, 0.3) is 5.91 Å². The topological polar surface area (TPSA) is 65.6 Å². The van der Waals surface area contributed by atoms with Gasteiger partial charge in [-0.1, -0.05) is 18.2 Å². The fraction of sp³-hybridized carbons (Fsp3) is 0.333. The molecule has 1 amide bonds. The number of hydrogen-bond donors (Lipinski definition) is 1. The second kappa shape index (κ2) is 9.27. The fourth-order valence-corrected chi connectivity index (χ4v) is 3.98. The van der Waals surface area contributed by atoms with Crippen LogP contribution in [-0.4, -0.2) is 59.4 Å². The number of carbonyl (C=O) groups excluding carboxylic acids is 2. The van der Waals surface area contributed by atoms with E-state index in [0.717, 1.165) is 17.0 Å². The van der Waals surface area contributed by atoms with E-state index in [-0.39, 0.29) is 12.5 Å². The van der Waals surface area contributed by atoms with Crippen LogP contribution < -0.4 is 0 Å². The Morgan fingerprint density at radius 1 is 1.03 bits per heavy atom. The molecule has 33 heavy (non-hydrogen) atoms. The SMILES string of the molecule is CCOC(=O)c1cc2cc(C(=O)N3CCN(Cc4cccc(C(F)(F)F)c4)CC3)ccc2[nH]1. The van der Waals surface area contributed by atoms with Gasteiger partial charge in [0.05, 0.1) is 12.2 Å². The average molecular weight is 459 g/mol. The van der Waals surface area contributed by atoms with E-state index in [4.69, 9.17) is 4.74 Å². The van der Waals surface area contributed by atoms with Crippen LogP contribution in [0.2, 0.25) is 0 Å². The molecular formula is C24H24F3N3O3. The molecule has 0 radical (unpaired) electrons. The minimum absolute atomic E-state index is 0.116. The van der Waals surface area contributed by atoms with Crippen LogP contribution in [0, 0.1) is 0 Å². The van der Waals surface area contributed by atoms with Crippen LogP contribution >= 0.6 is 0 Å². The van der Waals surface area contributed by atoms with Gasteiger partial charge >= 0.3 is 12.1 Å². The summed E-state index contributed by atoms with van der Waals surface area (Å²) < 4.78 is 43.8. The van der Waals surface area contributed by atoms with Crippen molar-refractivity contribution in [1.29, 1.82) is 0 Å². The lowest BCUT2D eigenvalue weighted by Gasteiger charge is -2.35. The molecule has 0 spiro atoms. The molecule has 2 aromatic carbocycles. The maximum absolute atomic E-state index is 13.0. The van der Waals surface area contributed by atoms with E-state index >= 15 is 0 Å². The number of amides is 1. The van der Waals surface area contributed by atoms with Crippen molar-refractivity contribution in [3.63, 3.8) is 0 Å². The van der Waals surface area contributed by atoms with Crippen molar-refractivity contribution in [3.05, 3.63) is 70.9 Å². The normalized spacial score (nSPS) is 15.1. The number of alkyl halides is 3. The molecule has 0 bridgehead atoms. The lowest BCUT2D eigenvalue weighted by atomic mass is 10.1.